The molecule has 9 heteroatoms. The number of pyridine rings is 1. The Labute approximate surface area is 126 Å². The summed E-state index contributed by atoms with van der Waals surface area (Å²) in [5.74, 6) is -0.219. The van der Waals surface area contributed by atoms with Crippen molar-refractivity contribution in [3.63, 3.8) is 0 Å². The van der Waals surface area contributed by atoms with Gasteiger partial charge in [0.2, 0.25) is 0 Å². The van der Waals surface area contributed by atoms with Gasteiger partial charge in [-0.2, -0.15) is 12.7 Å². The molecule has 20 heavy (non-hydrogen) atoms. The zero-order chi connectivity index (χ0) is 15.3. The predicted octanol–water partition coefficient (Wildman–Crippen LogP) is 1.30. The number of ether oxygens (including phenoxy) is 1. The number of nitrogens with zero attached hydrogens (tertiary/aromatic N) is 2. The Morgan fingerprint density at radius 1 is 1.55 bits per heavy atom. The molecule has 0 fully saturated rings. The first-order valence-electron chi connectivity index (χ1n) is 5.69. The first-order chi connectivity index (χ1) is 9.26. The van der Waals surface area contributed by atoms with Crippen LogP contribution in [0.4, 0.5) is 5.82 Å². The Hall–Kier alpha value is -1.19. The fraction of sp³-hybridized carbons (Fsp3) is 0.455. The van der Waals surface area contributed by atoms with Crippen LogP contribution in [0.25, 0.3) is 0 Å². The maximum absolute atomic E-state index is 12.0. The Bertz CT molecular complexity index is 591. The highest BCUT2D eigenvalue weighted by Crippen LogP contribution is 2.18. The van der Waals surface area contributed by atoms with Crippen molar-refractivity contribution < 1.29 is 17.9 Å². The van der Waals surface area contributed by atoms with Crippen LogP contribution < -0.4 is 4.72 Å². The van der Waals surface area contributed by atoms with Crippen LogP contribution in [0.15, 0.2) is 16.7 Å². The maximum Gasteiger partial charge on any atom is 0.306 e. The van der Waals surface area contributed by atoms with E-state index in [1.54, 1.807) is 13.0 Å². The summed E-state index contributed by atoms with van der Waals surface area (Å²) in [7, 11) is -1.13. The molecule has 7 nitrogen and oxygen atoms in total. The van der Waals surface area contributed by atoms with Crippen LogP contribution in [-0.2, 0) is 19.7 Å². The number of carbonyl (C=O) groups excluding carboxylic acids is 1. The lowest BCUT2D eigenvalue weighted by molar-refractivity contribution is -0.140. The second-order valence-corrected chi connectivity index (χ2v) is 6.77. The molecule has 1 aromatic rings. The zero-order valence-electron chi connectivity index (χ0n) is 11.4. The van der Waals surface area contributed by atoms with E-state index in [1.165, 1.54) is 20.4 Å². The molecule has 0 saturated heterocycles. The molecular weight excluding hydrogens is 350 g/mol. The van der Waals surface area contributed by atoms with E-state index in [0.717, 1.165) is 8.78 Å². The van der Waals surface area contributed by atoms with Crippen molar-refractivity contribution in [1.82, 2.24) is 9.29 Å². The summed E-state index contributed by atoms with van der Waals surface area (Å²) in [6, 6.07) is 1.75. The number of aromatic nitrogens is 1. The molecule has 0 atom stereocenters. The van der Waals surface area contributed by atoms with E-state index in [2.05, 4.69) is 30.4 Å². The van der Waals surface area contributed by atoms with Crippen molar-refractivity contribution in [3.05, 3.63) is 22.3 Å². The van der Waals surface area contributed by atoms with Crippen molar-refractivity contribution in [3.8, 4) is 0 Å². The molecule has 0 aliphatic carbocycles. The molecule has 112 valence electrons. The number of halogens is 1. The summed E-state index contributed by atoms with van der Waals surface area (Å²) >= 11 is 3.25. The second kappa shape index (κ2) is 7.00. The number of nitrogens with one attached hydrogen (secondary N) is 1. The number of aryl methyl sites for hydroxylation is 1. The first-order valence-corrected chi connectivity index (χ1v) is 7.92. The molecule has 0 aromatic carbocycles. The van der Waals surface area contributed by atoms with Gasteiger partial charge in [0.1, 0.15) is 5.82 Å². The van der Waals surface area contributed by atoms with Gasteiger partial charge < -0.3 is 4.74 Å². The van der Waals surface area contributed by atoms with Gasteiger partial charge in [-0.1, -0.05) is 0 Å². The first kappa shape index (κ1) is 16.9. The smallest absolute Gasteiger partial charge is 0.306 e. The van der Waals surface area contributed by atoms with Crippen LogP contribution in [0.2, 0.25) is 0 Å². The number of methoxy groups -OCH3 is 1. The topological polar surface area (TPSA) is 88.6 Å². The van der Waals surface area contributed by atoms with Crippen LogP contribution in [-0.4, -0.2) is 44.4 Å². The van der Waals surface area contributed by atoms with Gasteiger partial charge in [-0.3, -0.25) is 9.52 Å². The fourth-order valence-corrected chi connectivity index (χ4v) is 2.71. The summed E-state index contributed by atoms with van der Waals surface area (Å²) in [5, 5.41) is 0. The number of anilines is 1. The molecule has 0 unspecified atom stereocenters. The Morgan fingerprint density at radius 2 is 2.20 bits per heavy atom. The predicted molar refractivity (Wildman–Crippen MR) is 78.5 cm³/mol. The highest BCUT2D eigenvalue weighted by atomic mass is 79.9. The van der Waals surface area contributed by atoms with E-state index in [1.807, 2.05) is 0 Å². The molecule has 1 heterocycles. The third kappa shape index (κ3) is 4.73. The Kier molecular flexibility index (Phi) is 5.90. The monoisotopic (exact) mass is 365 g/mol. The molecule has 0 amide bonds. The van der Waals surface area contributed by atoms with Gasteiger partial charge in [-0.25, -0.2) is 4.98 Å². The summed E-state index contributed by atoms with van der Waals surface area (Å²) in [5.41, 5.74) is 0.685. The minimum absolute atomic E-state index is 0.0132. The molecule has 0 saturated carbocycles. The molecule has 0 aliphatic rings. The van der Waals surface area contributed by atoms with Gasteiger partial charge in [-0.05, 0) is 34.5 Å². The second-order valence-electron chi connectivity index (χ2n) is 4.07. The molecule has 1 rings (SSSR count). The summed E-state index contributed by atoms with van der Waals surface area (Å²) in [6.07, 6.45) is 1.49. The fourth-order valence-electron chi connectivity index (χ4n) is 1.32. The molecular formula is C11H16BrN3O4S. The Morgan fingerprint density at radius 3 is 2.75 bits per heavy atom. The lowest BCUT2D eigenvalue weighted by Crippen LogP contribution is -2.34. The standard InChI is InChI=1S/C11H16BrN3O4S/c1-8-6-9(12)7-13-11(8)14-20(17,18)15(2)5-4-10(16)19-3/h6-7H,4-5H2,1-3H3,(H,13,14). The quantitative estimate of drug-likeness (QED) is 0.767. The highest BCUT2D eigenvalue weighted by Gasteiger charge is 2.20. The van der Waals surface area contributed by atoms with E-state index < -0.39 is 16.2 Å². The number of hydrogen-bond acceptors (Lipinski definition) is 5. The van der Waals surface area contributed by atoms with E-state index in [-0.39, 0.29) is 18.8 Å². The van der Waals surface area contributed by atoms with Crippen molar-refractivity contribution in [2.24, 2.45) is 0 Å². The lowest BCUT2D eigenvalue weighted by atomic mass is 10.3. The van der Waals surface area contributed by atoms with Crippen LogP contribution in [0.1, 0.15) is 12.0 Å². The van der Waals surface area contributed by atoms with Crippen LogP contribution >= 0.6 is 15.9 Å². The molecule has 0 radical (unpaired) electrons. The van der Waals surface area contributed by atoms with Crippen molar-refractivity contribution in [2.45, 2.75) is 13.3 Å². The Balaban J connectivity index is 2.76. The van der Waals surface area contributed by atoms with Gasteiger partial charge in [0.25, 0.3) is 0 Å². The van der Waals surface area contributed by atoms with E-state index in [0.29, 0.717) is 5.56 Å². The molecule has 0 aliphatic heterocycles. The lowest BCUT2D eigenvalue weighted by Gasteiger charge is -2.18. The minimum Gasteiger partial charge on any atom is -0.469 e. The van der Waals surface area contributed by atoms with Crippen molar-refractivity contribution in [1.29, 1.82) is 0 Å². The zero-order valence-corrected chi connectivity index (χ0v) is 13.8. The summed E-state index contributed by atoms with van der Waals surface area (Å²) < 4.78 is 32.7. The molecule has 0 bridgehead atoms. The van der Waals surface area contributed by atoms with E-state index in [9.17, 15) is 13.2 Å². The van der Waals surface area contributed by atoms with Crippen LogP contribution in [0.3, 0.4) is 0 Å². The largest absolute Gasteiger partial charge is 0.469 e. The normalized spacial score (nSPS) is 11.4. The molecule has 1 aromatic heterocycles. The van der Waals surface area contributed by atoms with Gasteiger partial charge in [0, 0.05) is 24.3 Å². The van der Waals surface area contributed by atoms with Gasteiger partial charge in [0.05, 0.1) is 13.5 Å². The minimum atomic E-state index is -3.75. The summed E-state index contributed by atoms with van der Waals surface area (Å²) in [6.45, 7) is 1.77. The molecule has 1 N–H and O–H groups in total. The van der Waals surface area contributed by atoms with Gasteiger partial charge in [0.15, 0.2) is 0 Å². The maximum atomic E-state index is 12.0. The van der Waals surface area contributed by atoms with Crippen molar-refractivity contribution >= 4 is 37.9 Å². The highest BCUT2D eigenvalue weighted by molar-refractivity contribution is 9.10. The third-order valence-corrected chi connectivity index (χ3v) is 4.43. The number of carbonyl (C=O) groups is 1. The van der Waals surface area contributed by atoms with E-state index in [4.69, 9.17) is 0 Å². The number of esters is 1. The van der Waals surface area contributed by atoms with Gasteiger partial charge >= 0.3 is 16.2 Å². The summed E-state index contributed by atoms with van der Waals surface area (Å²) in [4.78, 5) is 15.0. The van der Waals surface area contributed by atoms with E-state index >= 15 is 0 Å². The van der Waals surface area contributed by atoms with Crippen molar-refractivity contribution in [2.75, 3.05) is 25.4 Å². The average molecular weight is 366 g/mol. The van der Waals surface area contributed by atoms with Crippen LogP contribution in [0.5, 0.6) is 0 Å². The van der Waals surface area contributed by atoms with Crippen LogP contribution in [0, 0.1) is 6.92 Å². The number of rotatable bonds is 6. The third-order valence-electron chi connectivity index (χ3n) is 2.54. The number of hydrogen-bond donors (Lipinski definition) is 1. The average Bonchev–Trinajstić information content (AvgIpc) is 2.38. The SMILES string of the molecule is COC(=O)CCN(C)S(=O)(=O)Nc1ncc(Br)cc1C. The molecule has 0 spiro atoms. The van der Waals surface area contributed by atoms with Gasteiger partial charge in [-0.15, -0.1) is 0 Å².